The minimum atomic E-state index is -0.0462. The summed E-state index contributed by atoms with van der Waals surface area (Å²) in [6.07, 6.45) is 7.11. The van der Waals surface area contributed by atoms with E-state index in [9.17, 15) is 0 Å². The second-order valence-electron chi connectivity index (χ2n) is 8.67. The second kappa shape index (κ2) is 12.5. The van der Waals surface area contributed by atoms with Crippen LogP contribution in [0.15, 0.2) is 81.8 Å². The molecule has 0 aliphatic heterocycles. The molecule has 160 valence electrons. The number of unbranched alkanes of at least 4 members (excludes halogenated alkanes) is 1. The quantitative estimate of drug-likeness (QED) is 0.420. The van der Waals surface area contributed by atoms with Gasteiger partial charge in [0.2, 0.25) is 0 Å². The second-order valence-corrected chi connectivity index (χ2v) is 9.51. The number of rotatable bonds is 6. The predicted molar refractivity (Wildman–Crippen MR) is 112 cm³/mol. The van der Waals surface area contributed by atoms with E-state index in [1.165, 1.54) is 27.8 Å². The number of allylic oxidation sites excluding steroid dienone is 4. The SMILES string of the molecule is CCCCC(C1=C(C(C)(C)C)[C]([Ti+3])=CC1)(c1ccccc1)c1ccccc1.[Cl-].[Cl-].[Cl-]. The first-order valence-electron chi connectivity index (χ1n) is 10.2. The molecule has 30 heavy (non-hydrogen) atoms. The van der Waals surface area contributed by atoms with Gasteiger partial charge in [0.05, 0.1) is 0 Å². The monoisotopic (exact) mass is 496 g/mol. The fourth-order valence-electron chi connectivity index (χ4n) is 4.66. The Hall–Kier alpha value is -0.496. The number of hydrogen-bond donors (Lipinski definition) is 0. The van der Waals surface area contributed by atoms with Gasteiger partial charge in [0, 0.05) is 0 Å². The van der Waals surface area contributed by atoms with Gasteiger partial charge < -0.3 is 37.2 Å². The van der Waals surface area contributed by atoms with Crippen molar-refractivity contribution in [1.29, 1.82) is 0 Å². The van der Waals surface area contributed by atoms with Crippen molar-refractivity contribution in [2.45, 2.75) is 58.8 Å². The van der Waals surface area contributed by atoms with Crippen molar-refractivity contribution >= 4 is 0 Å². The maximum absolute atomic E-state index is 2.45. The first kappa shape index (κ1) is 29.5. The predicted octanol–water partition coefficient (Wildman–Crippen LogP) is -1.65. The van der Waals surface area contributed by atoms with Gasteiger partial charge in [-0.15, -0.1) is 0 Å². The van der Waals surface area contributed by atoms with Crippen molar-refractivity contribution < 1.29 is 57.7 Å². The molecule has 0 saturated carbocycles. The van der Waals surface area contributed by atoms with E-state index in [2.05, 4.69) is 115 Å². The van der Waals surface area contributed by atoms with Crippen molar-refractivity contribution in [2.24, 2.45) is 5.41 Å². The molecule has 0 amide bonds. The Morgan fingerprint density at radius 2 is 1.27 bits per heavy atom. The normalized spacial score (nSPS) is 13.7. The van der Waals surface area contributed by atoms with Crippen LogP contribution in [0.3, 0.4) is 0 Å². The van der Waals surface area contributed by atoms with Gasteiger partial charge in [-0.2, -0.15) is 0 Å². The van der Waals surface area contributed by atoms with Crippen LogP contribution >= 0.6 is 0 Å². The van der Waals surface area contributed by atoms with Crippen molar-refractivity contribution in [2.75, 3.05) is 0 Å². The molecule has 0 atom stereocenters. The van der Waals surface area contributed by atoms with Crippen LogP contribution in [0.25, 0.3) is 0 Å². The van der Waals surface area contributed by atoms with Crippen molar-refractivity contribution in [3.05, 3.63) is 92.9 Å². The van der Waals surface area contributed by atoms with E-state index >= 15 is 0 Å². The van der Waals surface area contributed by atoms with Crippen LogP contribution in [0.1, 0.15) is 64.5 Å². The molecular weight excluding hydrogens is 467 g/mol. The molecule has 0 radical (unpaired) electrons. The third-order valence-electron chi connectivity index (χ3n) is 5.79. The summed E-state index contributed by atoms with van der Waals surface area (Å²) < 4.78 is 1.46. The fourth-order valence-corrected chi connectivity index (χ4v) is 5.64. The Bertz CT molecular complexity index is 794. The van der Waals surface area contributed by atoms with Crippen molar-refractivity contribution in [3.63, 3.8) is 0 Å². The van der Waals surface area contributed by atoms with Gasteiger partial charge in [-0.25, -0.2) is 0 Å². The molecule has 4 heteroatoms. The first-order valence-corrected chi connectivity index (χ1v) is 11.0. The van der Waals surface area contributed by atoms with E-state index in [4.69, 9.17) is 0 Å². The maximum Gasteiger partial charge on any atom is -1.00 e. The third-order valence-corrected chi connectivity index (χ3v) is 6.49. The fraction of sp³-hybridized carbons (Fsp3) is 0.385. The Labute approximate surface area is 213 Å². The molecule has 0 aromatic heterocycles. The van der Waals surface area contributed by atoms with Crippen LogP contribution in [0.5, 0.6) is 0 Å². The average Bonchev–Trinajstić information content (AvgIpc) is 3.06. The zero-order chi connectivity index (χ0) is 19.5. The van der Waals surface area contributed by atoms with Gasteiger partial charge >= 0.3 is 178 Å². The smallest absolute Gasteiger partial charge is 1.00 e. The van der Waals surface area contributed by atoms with E-state index in [-0.39, 0.29) is 48.1 Å². The molecular formula is C26H31Cl3Ti. The summed E-state index contributed by atoms with van der Waals surface area (Å²) in [5, 5.41) is 0. The zero-order valence-corrected chi connectivity index (χ0v) is 22.1. The molecule has 0 nitrogen and oxygen atoms in total. The molecule has 0 fully saturated rings. The number of hydrogen-bond acceptors (Lipinski definition) is 0. The van der Waals surface area contributed by atoms with Crippen molar-refractivity contribution in [1.82, 2.24) is 0 Å². The summed E-state index contributed by atoms with van der Waals surface area (Å²) in [6, 6.07) is 22.4. The number of halogens is 3. The van der Waals surface area contributed by atoms with Gasteiger partial charge in [-0.1, -0.05) is 0 Å². The Morgan fingerprint density at radius 1 is 0.800 bits per heavy atom. The molecule has 1 aliphatic carbocycles. The molecule has 0 bridgehead atoms. The Balaban J connectivity index is 0.00000280. The molecule has 2 aromatic rings. The van der Waals surface area contributed by atoms with Crippen LogP contribution in [0.2, 0.25) is 0 Å². The first-order chi connectivity index (χ1) is 12.9. The summed E-state index contributed by atoms with van der Waals surface area (Å²) in [5.74, 6) is 0. The topological polar surface area (TPSA) is 0 Å². The van der Waals surface area contributed by atoms with E-state index in [1.807, 2.05) is 0 Å². The molecule has 1 aliphatic rings. The standard InChI is InChI=1S/C26H31.3ClH.Ti/c1-5-6-20-26(21-14-9-7-10-15-21,22-16-11-8-12-17-22)24-19-13-18-23(24)25(2,3)4;;;;/h7-17H,5-6,19-20H2,1-4H3;3*1H;/q;;;;+3/p-3. The van der Waals surface area contributed by atoms with Gasteiger partial charge in [0.15, 0.2) is 0 Å². The third kappa shape index (κ3) is 5.84. The van der Waals surface area contributed by atoms with E-state index in [0.29, 0.717) is 0 Å². The average molecular weight is 498 g/mol. The zero-order valence-electron chi connectivity index (χ0n) is 18.3. The van der Waals surface area contributed by atoms with Gasteiger partial charge in [0.25, 0.3) is 0 Å². The maximum atomic E-state index is 2.45. The van der Waals surface area contributed by atoms with Gasteiger partial charge in [-0.05, 0) is 0 Å². The molecule has 0 heterocycles. The Kier molecular flexibility index (Phi) is 12.3. The summed E-state index contributed by atoms with van der Waals surface area (Å²) in [6.45, 7) is 9.40. The molecule has 0 unspecified atom stereocenters. The molecule has 3 rings (SSSR count). The number of benzene rings is 2. The van der Waals surface area contributed by atoms with E-state index < -0.39 is 0 Å². The minimum Gasteiger partial charge on any atom is -1.00 e. The molecule has 2 aromatic carbocycles. The van der Waals surface area contributed by atoms with E-state index in [0.717, 1.165) is 12.8 Å². The van der Waals surface area contributed by atoms with E-state index in [1.54, 1.807) is 11.1 Å². The summed E-state index contributed by atoms with van der Waals surface area (Å²) in [5.41, 5.74) is 6.14. The minimum absolute atomic E-state index is 0. The summed E-state index contributed by atoms with van der Waals surface area (Å²) in [4.78, 5) is 0. The van der Waals surface area contributed by atoms with Crippen molar-refractivity contribution in [3.8, 4) is 0 Å². The van der Waals surface area contributed by atoms with Crippen LogP contribution in [-0.4, -0.2) is 0 Å². The molecule has 0 saturated heterocycles. The summed E-state index contributed by atoms with van der Waals surface area (Å²) >= 11 is 2.30. The van der Waals surface area contributed by atoms with Gasteiger partial charge in [0.1, 0.15) is 0 Å². The van der Waals surface area contributed by atoms with Gasteiger partial charge in [-0.3, -0.25) is 0 Å². The molecule has 0 N–H and O–H groups in total. The van der Waals surface area contributed by atoms with Crippen LogP contribution in [0, 0.1) is 5.41 Å². The van der Waals surface area contributed by atoms with Crippen LogP contribution in [-0.2, 0) is 25.9 Å². The largest absolute Gasteiger partial charge is 1.00 e. The summed E-state index contributed by atoms with van der Waals surface area (Å²) in [7, 11) is 0. The Morgan fingerprint density at radius 3 is 1.67 bits per heavy atom. The molecule has 0 spiro atoms. The van der Waals surface area contributed by atoms with Crippen LogP contribution < -0.4 is 37.2 Å². The van der Waals surface area contributed by atoms with Crippen LogP contribution in [0.4, 0.5) is 0 Å².